The van der Waals surface area contributed by atoms with Crippen molar-refractivity contribution in [3.8, 4) is 5.75 Å². The molecule has 0 amide bonds. The number of anilines is 1. The van der Waals surface area contributed by atoms with Gasteiger partial charge in [-0.2, -0.15) is 0 Å². The second kappa shape index (κ2) is 8.00. The Labute approximate surface area is 155 Å². The Morgan fingerprint density at radius 3 is 2.42 bits per heavy atom. The fraction of sp³-hybridized carbons (Fsp3) is 0.273. The normalized spacial score (nSPS) is 11.2. The fourth-order valence-electron chi connectivity index (χ4n) is 3.05. The number of rotatable bonds is 6. The number of benzene rings is 2. The zero-order valence-electron chi connectivity index (χ0n) is 15.9. The molecular formula is C22H25N3O. The van der Waals surface area contributed by atoms with Gasteiger partial charge in [-0.1, -0.05) is 12.1 Å². The van der Waals surface area contributed by atoms with Gasteiger partial charge in [-0.15, -0.1) is 0 Å². The number of hydrogen-bond acceptors (Lipinski definition) is 4. The fourth-order valence-corrected chi connectivity index (χ4v) is 3.05. The summed E-state index contributed by atoms with van der Waals surface area (Å²) in [6.45, 7) is 8.34. The SMILES string of the molecule is CCN(CC)c1ccc(C=Nc2cc(C)nc3ccc(OC)cc23)cc1. The Morgan fingerprint density at radius 2 is 1.77 bits per heavy atom. The molecule has 1 heterocycles. The van der Waals surface area contributed by atoms with Crippen molar-refractivity contribution in [3.63, 3.8) is 0 Å². The molecule has 26 heavy (non-hydrogen) atoms. The highest BCUT2D eigenvalue weighted by Crippen LogP contribution is 2.29. The van der Waals surface area contributed by atoms with Gasteiger partial charge in [-0.05, 0) is 62.7 Å². The molecular weight excluding hydrogens is 322 g/mol. The number of nitrogens with zero attached hydrogens (tertiary/aromatic N) is 3. The molecule has 0 bridgehead atoms. The van der Waals surface area contributed by atoms with Gasteiger partial charge in [0.2, 0.25) is 0 Å². The average molecular weight is 347 g/mol. The van der Waals surface area contributed by atoms with E-state index in [2.05, 4.69) is 48.0 Å². The van der Waals surface area contributed by atoms with Crippen LogP contribution in [0.5, 0.6) is 5.75 Å². The minimum atomic E-state index is 0.808. The van der Waals surface area contributed by atoms with Crippen molar-refractivity contribution in [1.82, 2.24) is 4.98 Å². The standard InChI is InChI=1S/C22H25N3O/c1-5-25(6-2)18-9-7-17(8-10-18)15-23-22-13-16(3)24-21-12-11-19(26-4)14-20(21)22/h7-15H,5-6H2,1-4H3. The van der Waals surface area contributed by atoms with Crippen LogP contribution in [0, 0.1) is 6.92 Å². The molecule has 1 aromatic heterocycles. The Bertz CT molecular complexity index is 913. The first kappa shape index (κ1) is 17.9. The number of ether oxygens (including phenoxy) is 1. The van der Waals surface area contributed by atoms with Gasteiger partial charge in [0.1, 0.15) is 5.75 Å². The molecule has 0 fully saturated rings. The van der Waals surface area contributed by atoms with Crippen LogP contribution < -0.4 is 9.64 Å². The van der Waals surface area contributed by atoms with E-state index in [0.717, 1.165) is 46.7 Å². The molecule has 0 unspecified atom stereocenters. The summed E-state index contributed by atoms with van der Waals surface area (Å²) in [5.41, 5.74) is 5.09. The molecule has 0 saturated heterocycles. The molecule has 4 heteroatoms. The molecule has 0 radical (unpaired) electrons. The first-order valence-electron chi connectivity index (χ1n) is 8.99. The molecule has 2 aromatic carbocycles. The number of hydrogen-bond donors (Lipinski definition) is 0. The molecule has 0 N–H and O–H groups in total. The van der Waals surface area contributed by atoms with Crippen molar-refractivity contribution in [2.75, 3.05) is 25.1 Å². The largest absolute Gasteiger partial charge is 0.497 e. The predicted octanol–water partition coefficient (Wildman–Crippen LogP) is 5.15. The van der Waals surface area contributed by atoms with Crippen molar-refractivity contribution < 1.29 is 4.74 Å². The lowest BCUT2D eigenvalue weighted by Gasteiger charge is -2.20. The third-order valence-electron chi connectivity index (χ3n) is 4.50. The molecule has 3 aromatic rings. The molecule has 4 nitrogen and oxygen atoms in total. The Hall–Kier alpha value is -2.88. The number of aliphatic imine (C=N–C) groups is 1. The summed E-state index contributed by atoms with van der Waals surface area (Å²) in [7, 11) is 1.67. The maximum Gasteiger partial charge on any atom is 0.119 e. The van der Waals surface area contributed by atoms with Crippen LogP contribution in [0.2, 0.25) is 0 Å². The first-order valence-corrected chi connectivity index (χ1v) is 8.99. The maximum absolute atomic E-state index is 5.34. The molecule has 0 atom stereocenters. The molecule has 0 aliphatic heterocycles. The molecule has 0 aliphatic carbocycles. The molecule has 3 rings (SSSR count). The quantitative estimate of drug-likeness (QED) is 0.579. The van der Waals surface area contributed by atoms with Gasteiger partial charge in [0.05, 0.1) is 18.3 Å². The monoisotopic (exact) mass is 347 g/mol. The summed E-state index contributed by atoms with van der Waals surface area (Å²) >= 11 is 0. The second-order valence-corrected chi connectivity index (χ2v) is 6.19. The van der Waals surface area contributed by atoms with Crippen LogP contribution in [-0.4, -0.2) is 31.4 Å². The van der Waals surface area contributed by atoms with Gasteiger partial charge < -0.3 is 9.64 Å². The highest BCUT2D eigenvalue weighted by atomic mass is 16.5. The highest BCUT2D eigenvalue weighted by Gasteiger charge is 2.05. The van der Waals surface area contributed by atoms with E-state index in [1.165, 1.54) is 5.69 Å². The van der Waals surface area contributed by atoms with Crippen LogP contribution in [0.1, 0.15) is 25.1 Å². The maximum atomic E-state index is 5.34. The van der Waals surface area contributed by atoms with Gasteiger partial charge in [-0.3, -0.25) is 9.98 Å². The first-order chi connectivity index (χ1) is 12.6. The van der Waals surface area contributed by atoms with E-state index in [1.807, 2.05) is 37.4 Å². The molecule has 0 saturated carbocycles. The average Bonchev–Trinajstić information content (AvgIpc) is 2.67. The van der Waals surface area contributed by atoms with E-state index in [1.54, 1.807) is 7.11 Å². The lowest BCUT2D eigenvalue weighted by atomic mass is 10.1. The van der Waals surface area contributed by atoms with Crippen molar-refractivity contribution in [2.24, 2.45) is 4.99 Å². The van der Waals surface area contributed by atoms with Crippen LogP contribution in [0.15, 0.2) is 53.5 Å². The van der Waals surface area contributed by atoms with Gasteiger partial charge in [-0.25, -0.2) is 0 Å². The Balaban J connectivity index is 1.92. The summed E-state index contributed by atoms with van der Waals surface area (Å²) in [5, 5.41) is 0.992. The van der Waals surface area contributed by atoms with Crippen LogP contribution in [0.25, 0.3) is 10.9 Å². The van der Waals surface area contributed by atoms with Gasteiger partial charge in [0.25, 0.3) is 0 Å². The summed E-state index contributed by atoms with van der Waals surface area (Å²) < 4.78 is 5.34. The minimum absolute atomic E-state index is 0.808. The summed E-state index contributed by atoms with van der Waals surface area (Å²) in [6, 6.07) is 16.4. The zero-order chi connectivity index (χ0) is 18.5. The smallest absolute Gasteiger partial charge is 0.119 e. The van der Waals surface area contributed by atoms with Crippen molar-refractivity contribution in [3.05, 3.63) is 59.8 Å². The summed E-state index contributed by atoms with van der Waals surface area (Å²) in [6.07, 6.45) is 1.90. The van der Waals surface area contributed by atoms with E-state index < -0.39 is 0 Å². The zero-order valence-corrected chi connectivity index (χ0v) is 15.9. The number of fused-ring (bicyclic) bond motifs is 1. The van der Waals surface area contributed by atoms with E-state index in [4.69, 9.17) is 9.73 Å². The van der Waals surface area contributed by atoms with E-state index in [-0.39, 0.29) is 0 Å². The van der Waals surface area contributed by atoms with Crippen LogP contribution in [0.4, 0.5) is 11.4 Å². The lowest BCUT2D eigenvalue weighted by Crippen LogP contribution is -2.21. The predicted molar refractivity (Wildman–Crippen MR) is 110 cm³/mol. The van der Waals surface area contributed by atoms with E-state index in [9.17, 15) is 0 Å². The third kappa shape index (κ3) is 3.85. The number of aromatic nitrogens is 1. The van der Waals surface area contributed by atoms with Crippen LogP contribution in [0.3, 0.4) is 0 Å². The molecule has 0 aliphatic rings. The topological polar surface area (TPSA) is 37.7 Å². The third-order valence-corrected chi connectivity index (χ3v) is 4.50. The van der Waals surface area contributed by atoms with E-state index >= 15 is 0 Å². The molecule has 0 spiro atoms. The summed E-state index contributed by atoms with van der Waals surface area (Å²) in [5.74, 6) is 0.808. The number of methoxy groups -OCH3 is 1. The van der Waals surface area contributed by atoms with Crippen molar-refractivity contribution in [1.29, 1.82) is 0 Å². The number of aryl methyl sites for hydroxylation is 1. The minimum Gasteiger partial charge on any atom is -0.497 e. The van der Waals surface area contributed by atoms with Gasteiger partial charge >= 0.3 is 0 Å². The highest BCUT2D eigenvalue weighted by molar-refractivity contribution is 5.94. The second-order valence-electron chi connectivity index (χ2n) is 6.19. The van der Waals surface area contributed by atoms with Gasteiger partial charge in [0, 0.05) is 36.1 Å². The summed E-state index contributed by atoms with van der Waals surface area (Å²) in [4.78, 5) is 11.6. The number of pyridine rings is 1. The molecule has 134 valence electrons. The van der Waals surface area contributed by atoms with Crippen LogP contribution in [-0.2, 0) is 0 Å². The van der Waals surface area contributed by atoms with E-state index in [0.29, 0.717) is 0 Å². The van der Waals surface area contributed by atoms with Crippen LogP contribution >= 0.6 is 0 Å². The Morgan fingerprint density at radius 1 is 1.04 bits per heavy atom. The Kier molecular flexibility index (Phi) is 5.52. The van der Waals surface area contributed by atoms with Gasteiger partial charge in [0.15, 0.2) is 0 Å². The van der Waals surface area contributed by atoms with Crippen molar-refractivity contribution in [2.45, 2.75) is 20.8 Å². The lowest BCUT2D eigenvalue weighted by molar-refractivity contribution is 0.415. The van der Waals surface area contributed by atoms with Crippen molar-refractivity contribution >= 4 is 28.5 Å².